The molecule has 1 spiro atoms. The molecular weight excluding hydrogens is 202 g/mol. The predicted molar refractivity (Wildman–Crippen MR) is 63.1 cm³/mol. The molecule has 0 unspecified atom stereocenters. The average Bonchev–Trinajstić information content (AvgIpc) is 2.48. The molecule has 0 aromatic heterocycles. The number of nitrogens with zero attached hydrogens (tertiary/aromatic N) is 1. The maximum atomic E-state index is 11.4. The summed E-state index contributed by atoms with van der Waals surface area (Å²) < 4.78 is 5.55. The number of ether oxygens (including phenoxy) is 1. The fraction of sp³-hybridized carbons (Fsp3) is 0.615. The Morgan fingerprint density at radius 1 is 1.44 bits per heavy atom. The Hall–Kier alpha value is -1.09. The molecule has 0 aromatic rings. The SMILES string of the molecule is CC(C)=CC1=CC(=O)OC12CCN(C)CC2. The van der Waals surface area contributed by atoms with Crippen molar-refractivity contribution >= 4 is 5.97 Å². The molecule has 3 nitrogen and oxygen atoms in total. The van der Waals surface area contributed by atoms with E-state index in [9.17, 15) is 4.79 Å². The van der Waals surface area contributed by atoms with Gasteiger partial charge >= 0.3 is 5.97 Å². The Balaban J connectivity index is 2.24. The van der Waals surface area contributed by atoms with Crippen molar-refractivity contribution in [3.63, 3.8) is 0 Å². The van der Waals surface area contributed by atoms with Gasteiger partial charge in [-0.1, -0.05) is 11.6 Å². The van der Waals surface area contributed by atoms with Crippen molar-refractivity contribution in [1.82, 2.24) is 4.90 Å². The number of esters is 1. The molecule has 1 fully saturated rings. The molecule has 0 atom stereocenters. The van der Waals surface area contributed by atoms with Crippen LogP contribution in [0.1, 0.15) is 26.7 Å². The van der Waals surface area contributed by atoms with Gasteiger partial charge in [0.15, 0.2) is 0 Å². The van der Waals surface area contributed by atoms with Crippen LogP contribution in [-0.2, 0) is 9.53 Å². The van der Waals surface area contributed by atoms with E-state index in [0.29, 0.717) is 0 Å². The second-order valence-electron chi connectivity index (χ2n) is 5.04. The van der Waals surface area contributed by atoms with E-state index in [1.54, 1.807) is 6.08 Å². The van der Waals surface area contributed by atoms with Crippen molar-refractivity contribution in [3.8, 4) is 0 Å². The highest BCUT2D eigenvalue weighted by Gasteiger charge is 2.43. The van der Waals surface area contributed by atoms with Crippen LogP contribution in [0.5, 0.6) is 0 Å². The Kier molecular flexibility index (Phi) is 2.89. The van der Waals surface area contributed by atoms with Gasteiger partial charge in [0.05, 0.1) is 0 Å². The van der Waals surface area contributed by atoms with Crippen molar-refractivity contribution < 1.29 is 9.53 Å². The second kappa shape index (κ2) is 4.06. The zero-order chi connectivity index (χ0) is 11.8. The fourth-order valence-electron chi connectivity index (χ4n) is 2.39. The first-order valence-electron chi connectivity index (χ1n) is 5.80. The number of allylic oxidation sites excluding steroid dienone is 1. The maximum absolute atomic E-state index is 11.4. The molecule has 0 radical (unpaired) electrons. The zero-order valence-corrected chi connectivity index (χ0v) is 10.2. The zero-order valence-electron chi connectivity index (χ0n) is 10.2. The van der Waals surface area contributed by atoms with Gasteiger partial charge in [0.25, 0.3) is 0 Å². The van der Waals surface area contributed by atoms with Crippen molar-refractivity contribution in [2.45, 2.75) is 32.3 Å². The van der Waals surface area contributed by atoms with Gasteiger partial charge in [0.2, 0.25) is 0 Å². The standard InChI is InChI=1S/C13H19NO2/c1-10(2)8-11-9-12(15)16-13(11)4-6-14(3)7-5-13/h8-9H,4-7H2,1-3H3. The minimum Gasteiger partial charge on any atom is -0.451 e. The summed E-state index contributed by atoms with van der Waals surface area (Å²) >= 11 is 0. The fourth-order valence-corrected chi connectivity index (χ4v) is 2.39. The van der Waals surface area contributed by atoms with Gasteiger partial charge in [-0.05, 0) is 20.9 Å². The molecule has 0 amide bonds. The highest BCUT2D eigenvalue weighted by Crippen LogP contribution is 2.38. The summed E-state index contributed by atoms with van der Waals surface area (Å²) in [6.45, 7) is 6.07. The number of likely N-dealkylation sites (tertiary alicyclic amines) is 1. The normalized spacial score (nSPS) is 24.2. The Labute approximate surface area is 96.8 Å². The van der Waals surface area contributed by atoms with Crippen LogP contribution in [0.25, 0.3) is 0 Å². The smallest absolute Gasteiger partial charge is 0.332 e. The van der Waals surface area contributed by atoms with E-state index in [4.69, 9.17) is 4.74 Å². The highest BCUT2D eigenvalue weighted by molar-refractivity contribution is 5.87. The van der Waals surface area contributed by atoms with Gasteiger partial charge in [0, 0.05) is 37.6 Å². The summed E-state index contributed by atoms with van der Waals surface area (Å²) in [6.07, 6.45) is 5.55. The van der Waals surface area contributed by atoms with E-state index in [-0.39, 0.29) is 11.6 Å². The van der Waals surface area contributed by atoms with Crippen molar-refractivity contribution in [2.75, 3.05) is 20.1 Å². The van der Waals surface area contributed by atoms with Crippen LogP contribution in [0.2, 0.25) is 0 Å². The molecule has 16 heavy (non-hydrogen) atoms. The number of hydrogen-bond donors (Lipinski definition) is 0. The first-order valence-corrected chi connectivity index (χ1v) is 5.80. The minimum atomic E-state index is -0.332. The summed E-state index contributed by atoms with van der Waals surface area (Å²) in [7, 11) is 2.11. The lowest BCUT2D eigenvalue weighted by Gasteiger charge is -2.37. The lowest BCUT2D eigenvalue weighted by atomic mass is 9.84. The van der Waals surface area contributed by atoms with Crippen molar-refractivity contribution in [2.24, 2.45) is 0 Å². The molecule has 0 aliphatic carbocycles. The third-order valence-electron chi connectivity index (χ3n) is 3.33. The van der Waals surface area contributed by atoms with Crippen LogP contribution in [-0.4, -0.2) is 36.6 Å². The molecule has 0 saturated carbocycles. The lowest BCUT2D eigenvalue weighted by Crippen LogP contribution is -2.44. The van der Waals surface area contributed by atoms with E-state index in [1.807, 2.05) is 13.8 Å². The third kappa shape index (κ3) is 2.05. The molecule has 3 heteroatoms. The molecule has 1 saturated heterocycles. The van der Waals surface area contributed by atoms with Gasteiger partial charge in [-0.2, -0.15) is 0 Å². The quantitative estimate of drug-likeness (QED) is 0.633. The summed E-state index contributed by atoms with van der Waals surface area (Å²) in [6, 6.07) is 0. The largest absolute Gasteiger partial charge is 0.451 e. The first kappa shape index (κ1) is 11.4. The highest BCUT2D eigenvalue weighted by atomic mass is 16.6. The van der Waals surface area contributed by atoms with E-state index in [1.165, 1.54) is 5.57 Å². The molecular formula is C13H19NO2. The van der Waals surface area contributed by atoms with Gasteiger partial charge in [-0.15, -0.1) is 0 Å². The molecule has 0 N–H and O–H groups in total. The molecule has 0 aromatic carbocycles. The summed E-state index contributed by atoms with van der Waals surface area (Å²) in [4.78, 5) is 13.7. The average molecular weight is 221 g/mol. The lowest BCUT2D eigenvalue weighted by molar-refractivity contribution is -0.149. The minimum absolute atomic E-state index is 0.183. The van der Waals surface area contributed by atoms with Gasteiger partial charge < -0.3 is 9.64 Å². The monoisotopic (exact) mass is 221 g/mol. The molecule has 2 aliphatic rings. The van der Waals surface area contributed by atoms with E-state index in [0.717, 1.165) is 31.5 Å². The van der Waals surface area contributed by atoms with Crippen molar-refractivity contribution in [1.29, 1.82) is 0 Å². The van der Waals surface area contributed by atoms with E-state index >= 15 is 0 Å². The number of piperidine rings is 1. The van der Waals surface area contributed by atoms with Crippen LogP contribution >= 0.6 is 0 Å². The van der Waals surface area contributed by atoms with Gasteiger partial charge in [-0.25, -0.2) is 4.79 Å². The van der Waals surface area contributed by atoms with Crippen LogP contribution in [0, 0.1) is 0 Å². The van der Waals surface area contributed by atoms with Gasteiger partial charge in [0.1, 0.15) is 5.60 Å². The summed E-state index contributed by atoms with van der Waals surface area (Å²) in [5.41, 5.74) is 1.94. The second-order valence-corrected chi connectivity index (χ2v) is 5.04. The molecule has 2 rings (SSSR count). The number of hydrogen-bond acceptors (Lipinski definition) is 3. The maximum Gasteiger partial charge on any atom is 0.332 e. The number of rotatable bonds is 1. The Morgan fingerprint density at radius 3 is 2.62 bits per heavy atom. The summed E-state index contributed by atoms with van der Waals surface area (Å²) in [5.74, 6) is -0.183. The van der Waals surface area contributed by atoms with E-state index in [2.05, 4.69) is 18.0 Å². The van der Waals surface area contributed by atoms with Crippen LogP contribution < -0.4 is 0 Å². The van der Waals surface area contributed by atoms with Crippen LogP contribution in [0.4, 0.5) is 0 Å². The summed E-state index contributed by atoms with van der Waals surface area (Å²) in [5, 5.41) is 0. The van der Waals surface area contributed by atoms with Crippen molar-refractivity contribution in [3.05, 3.63) is 23.3 Å². The topological polar surface area (TPSA) is 29.5 Å². The van der Waals surface area contributed by atoms with Crippen LogP contribution in [0.3, 0.4) is 0 Å². The Bertz CT molecular complexity index is 356. The molecule has 0 bridgehead atoms. The molecule has 88 valence electrons. The third-order valence-corrected chi connectivity index (χ3v) is 3.33. The molecule has 2 aliphatic heterocycles. The predicted octanol–water partition coefficient (Wildman–Crippen LogP) is 1.90. The number of carbonyl (C=O) groups is 1. The number of carbonyl (C=O) groups excluding carboxylic acids is 1. The van der Waals surface area contributed by atoms with Gasteiger partial charge in [-0.3, -0.25) is 0 Å². The van der Waals surface area contributed by atoms with E-state index < -0.39 is 0 Å². The molecule has 2 heterocycles. The Morgan fingerprint density at radius 2 is 2.06 bits per heavy atom. The first-order chi connectivity index (χ1) is 7.52. The van der Waals surface area contributed by atoms with Crippen LogP contribution in [0.15, 0.2) is 23.3 Å².